The van der Waals surface area contributed by atoms with Gasteiger partial charge in [-0.15, -0.1) is 0 Å². The summed E-state index contributed by atoms with van der Waals surface area (Å²) in [5.74, 6) is -0.520. The maximum atomic E-state index is 11.2. The Morgan fingerprint density at radius 3 is 2.75 bits per heavy atom. The van der Waals surface area contributed by atoms with Gasteiger partial charge in [0.25, 0.3) is 0 Å². The van der Waals surface area contributed by atoms with Gasteiger partial charge < -0.3 is 4.74 Å². The first-order chi connectivity index (χ1) is 7.77. The summed E-state index contributed by atoms with van der Waals surface area (Å²) in [5, 5.41) is 3.46. The van der Waals surface area contributed by atoms with Crippen LogP contribution >= 0.6 is 0 Å². The Morgan fingerprint density at radius 2 is 2.19 bits per heavy atom. The minimum atomic E-state index is -0.520. The van der Waals surface area contributed by atoms with E-state index in [1.165, 1.54) is 6.08 Å². The first kappa shape index (κ1) is 11.8. The van der Waals surface area contributed by atoms with E-state index in [9.17, 15) is 4.79 Å². The Bertz CT molecular complexity index is 434. The maximum absolute atomic E-state index is 11.2. The molecule has 82 valence electrons. The van der Waals surface area contributed by atoms with Crippen molar-refractivity contribution in [3.63, 3.8) is 0 Å². The molecule has 0 saturated heterocycles. The van der Waals surface area contributed by atoms with Crippen molar-refractivity contribution in [3.05, 3.63) is 52.4 Å². The van der Waals surface area contributed by atoms with Gasteiger partial charge in [-0.05, 0) is 18.0 Å². The number of benzene rings is 1. The summed E-state index contributed by atoms with van der Waals surface area (Å²) in [5.41, 5.74) is 9.33. The number of ether oxygens (including phenoxy) is 1. The van der Waals surface area contributed by atoms with Crippen molar-refractivity contribution in [2.75, 3.05) is 6.61 Å². The van der Waals surface area contributed by atoms with E-state index in [0.29, 0.717) is 5.56 Å². The molecule has 0 amide bonds. The van der Waals surface area contributed by atoms with Crippen LogP contribution in [-0.4, -0.2) is 12.6 Å². The lowest BCUT2D eigenvalue weighted by Gasteiger charge is -2.00. The van der Waals surface area contributed by atoms with Crippen LogP contribution in [0.4, 0.5) is 0 Å². The molecule has 1 rings (SSSR count). The molecule has 0 aliphatic heterocycles. The van der Waals surface area contributed by atoms with E-state index in [1.54, 1.807) is 31.2 Å². The molecule has 0 aromatic heterocycles. The Hall–Kier alpha value is -2.26. The van der Waals surface area contributed by atoms with Gasteiger partial charge in [-0.3, -0.25) is 0 Å². The summed E-state index contributed by atoms with van der Waals surface area (Å²) < 4.78 is 4.74. The van der Waals surface area contributed by atoms with Crippen molar-refractivity contribution in [2.45, 2.75) is 6.92 Å². The zero-order chi connectivity index (χ0) is 11.8. The lowest BCUT2D eigenvalue weighted by atomic mass is 10.1. The maximum Gasteiger partial charge on any atom is 0.331 e. The lowest BCUT2D eigenvalue weighted by Crippen LogP contribution is -2.00. The van der Waals surface area contributed by atoms with Gasteiger partial charge in [0.2, 0.25) is 0 Å². The number of hydrogen-bond donors (Lipinski definition) is 0. The van der Waals surface area contributed by atoms with Crippen molar-refractivity contribution in [2.24, 2.45) is 5.11 Å². The summed E-state index contributed by atoms with van der Waals surface area (Å²) in [7, 11) is 0. The highest BCUT2D eigenvalue weighted by atomic mass is 16.5. The van der Waals surface area contributed by atoms with Crippen LogP contribution in [0, 0.1) is 0 Å². The van der Waals surface area contributed by atoms with Crippen molar-refractivity contribution in [3.8, 4) is 0 Å². The molecule has 0 aliphatic carbocycles. The Balaban J connectivity index is 3.00. The number of carbonyl (C=O) groups excluding carboxylic acids is 1. The van der Waals surface area contributed by atoms with E-state index >= 15 is 0 Å². The highest BCUT2D eigenvalue weighted by Gasteiger charge is 2.02. The van der Waals surface area contributed by atoms with E-state index in [1.807, 2.05) is 6.07 Å². The molecule has 0 aliphatic rings. The quantitative estimate of drug-likeness (QED) is 0.255. The van der Waals surface area contributed by atoms with Gasteiger partial charge in [0, 0.05) is 11.0 Å². The topological polar surface area (TPSA) is 75.1 Å². The van der Waals surface area contributed by atoms with Crippen molar-refractivity contribution in [1.29, 1.82) is 0 Å². The molecule has 0 bridgehead atoms. The lowest BCUT2D eigenvalue weighted by molar-refractivity contribution is -0.137. The molecule has 0 saturated carbocycles. The minimum absolute atomic E-state index is 0.251. The smallest absolute Gasteiger partial charge is 0.331 e. The molecule has 1 aromatic carbocycles. The van der Waals surface area contributed by atoms with Crippen LogP contribution < -0.4 is 0 Å². The Kier molecular flexibility index (Phi) is 4.63. The van der Waals surface area contributed by atoms with Gasteiger partial charge in [-0.1, -0.05) is 35.4 Å². The van der Waals surface area contributed by atoms with Crippen LogP contribution in [-0.2, 0) is 9.53 Å². The summed E-state index contributed by atoms with van der Waals surface area (Å²) in [6, 6.07) is 8.92. The summed E-state index contributed by atoms with van der Waals surface area (Å²) >= 11 is 0. The molecular weight excluding hydrogens is 206 g/mol. The third-order valence-corrected chi connectivity index (χ3v) is 1.76. The molecule has 0 radical (unpaired) electrons. The Morgan fingerprint density at radius 1 is 1.50 bits per heavy atom. The predicted molar refractivity (Wildman–Crippen MR) is 60.2 cm³/mol. The van der Waals surface area contributed by atoms with Crippen molar-refractivity contribution < 1.29 is 9.53 Å². The fourth-order valence-corrected chi connectivity index (χ4v) is 1.12. The van der Waals surface area contributed by atoms with E-state index in [0.717, 1.165) is 0 Å². The molecule has 16 heavy (non-hydrogen) atoms. The van der Waals surface area contributed by atoms with Gasteiger partial charge in [0.05, 0.1) is 12.3 Å². The number of azide groups is 1. The van der Waals surface area contributed by atoms with E-state index in [2.05, 4.69) is 10.0 Å². The zero-order valence-electron chi connectivity index (χ0n) is 8.83. The number of hydrogen-bond acceptors (Lipinski definition) is 3. The second-order valence-corrected chi connectivity index (χ2v) is 2.84. The Labute approximate surface area is 93.0 Å². The predicted octanol–water partition coefficient (Wildman–Crippen LogP) is 2.90. The summed E-state index contributed by atoms with van der Waals surface area (Å²) in [4.78, 5) is 13.9. The van der Waals surface area contributed by atoms with Gasteiger partial charge in [-0.2, -0.15) is 0 Å². The highest BCUT2D eigenvalue weighted by molar-refractivity contribution is 5.91. The second-order valence-electron chi connectivity index (χ2n) is 2.84. The molecule has 0 atom stereocenters. The molecule has 1 aromatic rings. The molecule has 5 nitrogen and oxygen atoms in total. The third kappa shape index (κ3) is 3.48. The first-order valence-corrected chi connectivity index (χ1v) is 4.77. The zero-order valence-corrected chi connectivity index (χ0v) is 8.83. The minimum Gasteiger partial charge on any atom is -0.463 e. The number of carbonyl (C=O) groups is 1. The number of rotatable bonds is 4. The highest BCUT2D eigenvalue weighted by Crippen LogP contribution is 2.15. The summed E-state index contributed by atoms with van der Waals surface area (Å²) in [6.45, 7) is 2.00. The van der Waals surface area contributed by atoms with Crippen molar-refractivity contribution >= 4 is 11.7 Å². The first-order valence-electron chi connectivity index (χ1n) is 4.77. The van der Waals surface area contributed by atoms with Crippen LogP contribution in [0.1, 0.15) is 12.5 Å². The molecule has 5 heteroatoms. The normalized spacial score (nSPS) is 10.4. The van der Waals surface area contributed by atoms with E-state index in [-0.39, 0.29) is 12.3 Å². The van der Waals surface area contributed by atoms with Crippen LogP contribution in [0.25, 0.3) is 16.1 Å². The number of esters is 1. The molecule has 0 fully saturated rings. The molecule has 0 heterocycles. The largest absolute Gasteiger partial charge is 0.463 e. The van der Waals surface area contributed by atoms with E-state index < -0.39 is 5.97 Å². The van der Waals surface area contributed by atoms with Crippen LogP contribution in [0.5, 0.6) is 0 Å². The van der Waals surface area contributed by atoms with Gasteiger partial charge in [0.1, 0.15) is 0 Å². The average molecular weight is 217 g/mol. The fourth-order valence-electron chi connectivity index (χ4n) is 1.12. The SMILES string of the molecule is CCOC(=O)/C=C(/N=[N+]=[N-])c1ccccc1. The standard InChI is InChI=1S/C11H11N3O2/c1-2-16-11(15)8-10(13-14-12)9-6-4-3-5-7-9/h3-8H,2H2,1H3/b10-8+. The average Bonchev–Trinajstić information content (AvgIpc) is 2.30. The summed E-state index contributed by atoms with van der Waals surface area (Å²) in [6.07, 6.45) is 1.18. The second kappa shape index (κ2) is 6.27. The molecular formula is C11H11N3O2. The third-order valence-electron chi connectivity index (χ3n) is 1.76. The van der Waals surface area contributed by atoms with E-state index in [4.69, 9.17) is 10.3 Å². The van der Waals surface area contributed by atoms with Gasteiger partial charge >= 0.3 is 5.97 Å². The van der Waals surface area contributed by atoms with Crippen molar-refractivity contribution in [1.82, 2.24) is 0 Å². The molecule has 0 N–H and O–H groups in total. The monoisotopic (exact) mass is 217 g/mol. The molecule has 0 unspecified atom stereocenters. The fraction of sp³-hybridized carbons (Fsp3) is 0.182. The number of nitrogens with zero attached hydrogens (tertiary/aromatic N) is 3. The van der Waals surface area contributed by atoms with Crippen LogP contribution in [0.3, 0.4) is 0 Å². The van der Waals surface area contributed by atoms with Gasteiger partial charge in [-0.25, -0.2) is 4.79 Å². The van der Waals surface area contributed by atoms with Gasteiger partial charge in [0.15, 0.2) is 0 Å². The van der Waals surface area contributed by atoms with Crippen LogP contribution in [0.15, 0.2) is 41.5 Å². The molecule has 0 spiro atoms. The van der Waals surface area contributed by atoms with Crippen LogP contribution in [0.2, 0.25) is 0 Å².